The minimum absolute atomic E-state index is 0.0771. The lowest BCUT2D eigenvalue weighted by Gasteiger charge is -2.29. The molecule has 2 fully saturated rings. The molecule has 1 aromatic carbocycles. The third-order valence-corrected chi connectivity index (χ3v) is 7.26. The summed E-state index contributed by atoms with van der Waals surface area (Å²) >= 11 is 0. The van der Waals surface area contributed by atoms with Gasteiger partial charge in [-0.1, -0.05) is 12.1 Å². The Morgan fingerprint density at radius 2 is 1.69 bits per heavy atom. The number of hydrogen-bond donors (Lipinski definition) is 1. The van der Waals surface area contributed by atoms with E-state index in [1.165, 1.54) is 0 Å². The first kappa shape index (κ1) is 19.3. The van der Waals surface area contributed by atoms with Crippen LogP contribution in [0.3, 0.4) is 0 Å². The zero-order valence-electron chi connectivity index (χ0n) is 15.5. The van der Waals surface area contributed by atoms with Crippen molar-refractivity contribution in [2.24, 2.45) is 0 Å². The molecule has 2 saturated heterocycles. The molecular formula is C19H29N3O3S. The smallest absolute Gasteiger partial charge is 0.243 e. The van der Waals surface area contributed by atoms with Crippen LogP contribution in [0, 0.1) is 0 Å². The Labute approximate surface area is 156 Å². The molecule has 3 rings (SSSR count). The maximum atomic E-state index is 12.5. The third-order valence-electron chi connectivity index (χ3n) is 5.35. The number of carbonyl (C=O) groups is 1. The summed E-state index contributed by atoms with van der Waals surface area (Å²) in [5.74, 6) is 0.0771. The molecule has 0 aromatic heterocycles. The maximum Gasteiger partial charge on any atom is 0.243 e. The van der Waals surface area contributed by atoms with Crippen LogP contribution >= 0.6 is 0 Å². The number of benzene rings is 1. The molecule has 0 saturated carbocycles. The van der Waals surface area contributed by atoms with E-state index in [-0.39, 0.29) is 11.9 Å². The lowest BCUT2D eigenvalue weighted by Crippen LogP contribution is -2.43. The van der Waals surface area contributed by atoms with Crippen LogP contribution in [-0.2, 0) is 21.2 Å². The lowest BCUT2D eigenvalue weighted by atomic mass is 10.0. The average molecular weight is 380 g/mol. The molecule has 0 aliphatic carbocycles. The molecule has 1 aromatic rings. The van der Waals surface area contributed by atoms with E-state index in [0.29, 0.717) is 30.8 Å². The van der Waals surface area contributed by atoms with Crippen molar-refractivity contribution in [3.05, 3.63) is 29.8 Å². The van der Waals surface area contributed by atoms with Gasteiger partial charge in [0, 0.05) is 25.6 Å². The number of sulfonamides is 1. The fourth-order valence-corrected chi connectivity index (χ4v) is 5.13. The number of nitrogens with one attached hydrogen (secondary N) is 1. The van der Waals surface area contributed by atoms with Crippen LogP contribution in [0.1, 0.15) is 37.7 Å². The van der Waals surface area contributed by atoms with Crippen LogP contribution in [0.25, 0.3) is 0 Å². The van der Waals surface area contributed by atoms with Crippen molar-refractivity contribution in [1.82, 2.24) is 14.5 Å². The van der Waals surface area contributed by atoms with Gasteiger partial charge in [0.1, 0.15) is 0 Å². The van der Waals surface area contributed by atoms with Crippen LogP contribution in [0.15, 0.2) is 29.2 Å². The molecule has 26 heavy (non-hydrogen) atoms. The van der Waals surface area contributed by atoms with Crippen molar-refractivity contribution in [3.63, 3.8) is 0 Å². The van der Waals surface area contributed by atoms with E-state index in [1.807, 2.05) is 12.1 Å². The molecule has 0 unspecified atom stereocenters. The second-order valence-electron chi connectivity index (χ2n) is 7.40. The molecule has 0 radical (unpaired) electrons. The molecule has 0 bridgehead atoms. The number of aryl methyl sites for hydroxylation is 1. The van der Waals surface area contributed by atoms with Crippen molar-refractivity contribution >= 4 is 15.9 Å². The van der Waals surface area contributed by atoms with E-state index in [1.54, 1.807) is 16.4 Å². The summed E-state index contributed by atoms with van der Waals surface area (Å²) in [6, 6.07) is 7.26. The van der Waals surface area contributed by atoms with Crippen LogP contribution in [0.4, 0.5) is 0 Å². The fraction of sp³-hybridized carbons (Fsp3) is 0.632. The van der Waals surface area contributed by atoms with Crippen LogP contribution in [0.5, 0.6) is 0 Å². The van der Waals surface area contributed by atoms with Gasteiger partial charge in [-0.05, 0) is 69.9 Å². The third kappa shape index (κ3) is 4.84. The molecule has 2 aliphatic heterocycles. The first-order chi connectivity index (χ1) is 12.4. The molecule has 7 heteroatoms. The Morgan fingerprint density at radius 3 is 2.31 bits per heavy atom. The maximum absolute atomic E-state index is 12.5. The Bertz CT molecular complexity index is 704. The zero-order valence-corrected chi connectivity index (χ0v) is 16.3. The minimum atomic E-state index is -3.36. The van der Waals surface area contributed by atoms with Gasteiger partial charge in [-0.15, -0.1) is 0 Å². The van der Waals surface area contributed by atoms with E-state index in [2.05, 4.69) is 17.3 Å². The Balaban J connectivity index is 1.49. The molecule has 2 heterocycles. The number of hydrogen-bond acceptors (Lipinski definition) is 4. The molecule has 2 aliphatic rings. The number of carbonyl (C=O) groups excluding carboxylic acids is 1. The minimum Gasteiger partial charge on any atom is -0.353 e. The van der Waals surface area contributed by atoms with Gasteiger partial charge in [-0.2, -0.15) is 4.31 Å². The number of nitrogens with zero attached hydrogens (tertiary/aromatic N) is 2. The number of piperidine rings is 1. The van der Waals surface area contributed by atoms with Gasteiger partial charge in [-0.3, -0.25) is 4.79 Å². The summed E-state index contributed by atoms with van der Waals surface area (Å²) in [6.07, 6.45) is 4.94. The van der Waals surface area contributed by atoms with Gasteiger partial charge >= 0.3 is 0 Å². The van der Waals surface area contributed by atoms with Gasteiger partial charge in [0.05, 0.1) is 4.90 Å². The Hall–Kier alpha value is -1.44. The first-order valence-corrected chi connectivity index (χ1v) is 11.0. The topological polar surface area (TPSA) is 69.7 Å². The molecule has 0 spiro atoms. The zero-order chi connectivity index (χ0) is 18.6. The first-order valence-electron chi connectivity index (χ1n) is 9.52. The van der Waals surface area contributed by atoms with Crippen LogP contribution in [-0.4, -0.2) is 62.8 Å². The molecular weight excluding hydrogens is 350 g/mol. The van der Waals surface area contributed by atoms with Gasteiger partial charge in [0.25, 0.3) is 0 Å². The summed E-state index contributed by atoms with van der Waals surface area (Å²) in [7, 11) is -1.26. The van der Waals surface area contributed by atoms with Crippen molar-refractivity contribution in [1.29, 1.82) is 0 Å². The van der Waals surface area contributed by atoms with E-state index in [4.69, 9.17) is 0 Å². The van der Waals surface area contributed by atoms with Gasteiger partial charge in [0.2, 0.25) is 15.9 Å². The van der Waals surface area contributed by atoms with Crippen molar-refractivity contribution in [2.75, 3.05) is 33.2 Å². The standard InChI is InChI=1S/C19H29N3O3S/c1-21-14-10-17(11-15-21)20-19(23)9-6-16-4-7-18(8-5-16)26(24,25)22-12-2-3-13-22/h4-5,7-8,17H,2-3,6,9-15H2,1H3,(H,20,23). The molecule has 0 atom stereocenters. The highest BCUT2D eigenvalue weighted by Gasteiger charge is 2.26. The second kappa shape index (κ2) is 8.50. The molecule has 6 nitrogen and oxygen atoms in total. The Kier molecular flexibility index (Phi) is 6.32. The summed E-state index contributed by atoms with van der Waals surface area (Å²) in [4.78, 5) is 14.8. The van der Waals surface area contributed by atoms with E-state index >= 15 is 0 Å². The lowest BCUT2D eigenvalue weighted by molar-refractivity contribution is -0.122. The Morgan fingerprint density at radius 1 is 1.08 bits per heavy atom. The highest BCUT2D eigenvalue weighted by Crippen LogP contribution is 2.21. The molecule has 144 valence electrons. The largest absolute Gasteiger partial charge is 0.353 e. The summed E-state index contributed by atoms with van der Waals surface area (Å²) in [5.41, 5.74) is 0.990. The SMILES string of the molecule is CN1CCC(NC(=O)CCc2ccc(S(=O)(=O)N3CCCC3)cc2)CC1. The van der Waals surface area contributed by atoms with Gasteiger partial charge in [-0.25, -0.2) is 8.42 Å². The molecule has 1 amide bonds. The fourth-order valence-electron chi connectivity index (χ4n) is 3.62. The summed E-state index contributed by atoms with van der Waals surface area (Å²) in [6.45, 7) is 3.28. The van der Waals surface area contributed by atoms with E-state index in [0.717, 1.165) is 44.3 Å². The predicted octanol–water partition coefficient (Wildman–Crippen LogP) is 1.61. The summed E-state index contributed by atoms with van der Waals surface area (Å²) in [5, 5.41) is 3.11. The average Bonchev–Trinajstić information content (AvgIpc) is 3.18. The van der Waals surface area contributed by atoms with E-state index < -0.39 is 10.0 Å². The number of rotatable bonds is 6. The monoisotopic (exact) mass is 379 g/mol. The van der Waals surface area contributed by atoms with Crippen molar-refractivity contribution < 1.29 is 13.2 Å². The normalized spacial score (nSPS) is 20.3. The summed E-state index contributed by atoms with van der Waals surface area (Å²) < 4.78 is 26.6. The van der Waals surface area contributed by atoms with Crippen LogP contribution < -0.4 is 5.32 Å². The highest BCUT2D eigenvalue weighted by molar-refractivity contribution is 7.89. The van der Waals surface area contributed by atoms with Gasteiger partial charge in [0.15, 0.2) is 0 Å². The second-order valence-corrected chi connectivity index (χ2v) is 9.34. The number of likely N-dealkylation sites (tertiary alicyclic amines) is 1. The van der Waals surface area contributed by atoms with Gasteiger partial charge < -0.3 is 10.2 Å². The molecule has 1 N–H and O–H groups in total. The van der Waals surface area contributed by atoms with E-state index in [9.17, 15) is 13.2 Å². The quantitative estimate of drug-likeness (QED) is 0.815. The van der Waals surface area contributed by atoms with Crippen LogP contribution in [0.2, 0.25) is 0 Å². The van der Waals surface area contributed by atoms with Crippen molar-refractivity contribution in [2.45, 2.75) is 49.5 Å². The highest BCUT2D eigenvalue weighted by atomic mass is 32.2. The number of amides is 1. The predicted molar refractivity (Wildman–Crippen MR) is 101 cm³/mol. The van der Waals surface area contributed by atoms with Crippen molar-refractivity contribution in [3.8, 4) is 0 Å².